The van der Waals surface area contributed by atoms with Crippen molar-refractivity contribution in [3.63, 3.8) is 0 Å². The minimum Gasteiger partial charge on any atom is -0.383 e. The number of piperazine rings is 1. The molecule has 2 aliphatic rings. The van der Waals surface area contributed by atoms with E-state index < -0.39 is 4.92 Å². The molecule has 0 aromatic heterocycles. The van der Waals surface area contributed by atoms with Crippen molar-refractivity contribution in [2.45, 2.75) is 12.5 Å². The summed E-state index contributed by atoms with van der Waals surface area (Å²) in [6.45, 7) is 2.79. The lowest BCUT2D eigenvalue weighted by Gasteiger charge is -2.49. The number of carbonyl (C=O) groups is 1. The number of fused-ring (bicyclic) bond motifs is 3. The van der Waals surface area contributed by atoms with Crippen LogP contribution in [0.4, 0.5) is 21.5 Å². The van der Waals surface area contributed by atoms with Crippen LogP contribution in [0.2, 0.25) is 0 Å². The van der Waals surface area contributed by atoms with Crippen LogP contribution in [0.5, 0.6) is 0 Å². The van der Waals surface area contributed by atoms with Crippen LogP contribution >= 0.6 is 0 Å². The second kappa shape index (κ2) is 8.89. The third kappa shape index (κ3) is 4.32. The molecule has 0 saturated carbocycles. The molecule has 9 heteroatoms. The second-order valence-corrected chi connectivity index (χ2v) is 7.85. The van der Waals surface area contributed by atoms with E-state index in [1.165, 1.54) is 18.2 Å². The summed E-state index contributed by atoms with van der Waals surface area (Å²) < 4.78 is 18.4. The quantitative estimate of drug-likeness (QED) is 0.432. The van der Waals surface area contributed by atoms with Crippen molar-refractivity contribution in [1.29, 1.82) is 0 Å². The minimum absolute atomic E-state index is 0.0284. The summed E-state index contributed by atoms with van der Waals surface area (Å²) in [6, 6.07) is 11.1. The van der Waals surface area contributed by atoms with E-state index in [2.05, 4.69) is 15.1 Å². The molecular weight excluding hydrogens is 403 g/mol. The summed E-state index contributed by atoms with van der Waals surface area (Å²) in [6.07, 6.45) is 0.425. The maximum absolute atomic E-state index is 13.4. The SMILES string of the molecule is COCCNC(=O)[C@@H]1Cc2cc([N+](=O)[O-])ccc2N2CCN(c3ccc(F)cc3)C[C@@H]12. The van der Waals surface area contributed by atoms with Crippen molar-refractivity contribution in [3.05, 3.63) is 64.0 Å². The lowest BCUT2D eigenvalue weighted by Crippen LogP contribution is -2.61. The molecule has 1 saturated heterocycles. The average Bonchev–Trinajstić information content (AvgIpc) is 2.78. The Kier molecular flexibility index (Phi) is 6.03. The molecule has 0 aliphatic carbocycles. The number of benzene rings is 2. The third-order valence-electron chi connectivity index (χ3n) is 6.04. The number of ether oxygens (including phenoxy) is 1. The van der Waals surface area contributed by atoms with E-state index >= 15 is 0 Å². The summed E-state index contributed by atoms with van der Waals surface area (Å²) in [5.41, 5.74) is 2.69. The van der Waals surface area contributed by atoms with Crippen LogP contribution in [0.25, 0.3) is 0 Å². The molecule has 2 atom stereocenters. The Morgan fingerprint density at radius 1 is 1.26 bits per heavy atom. The minimum atomic E-state index is -0.410. The van der Waals surface area contributed by atoms with Crippen molar-refractivity contribution < 1.29 is 18.8 Å². The van der Waals surface area contributed by atoms with Gasteiger partial charge in [-0.1, -0.05) is 0 Å². The highest BCUT2D eigenvalue weighted by Crippen LogP contribution is 2.38. The van der Waals surface area contributed by atoms with Crippen LogP contribution in [0.15, 0.2) is 42.5 Å². The predicted molar refractivity (Wildman–Crippen MR) is 115 cm³/mol. The van der Waals surface area contributed by atoms with Gasteiger partial charge in [0.15, 0.2) is 0 Å². The first-order chi connectivity index (χ1) is 15.0. The lowest BCUT2D eigenvalue weighted by atomic mass is 9.83. The van der Waals surface area contributed by atoms with Gasteiger partial charge in [0, 0.05) is 56.8 Å². The highest BCUT2D eigenvalue weighted by Gasteiger charge is 2.42. The van der Waals surface area contributed by atoms with Crippen LogP contribution < -0.4 is 15.1 Å². The first kappa shape index (κ1) is 21.0. The van der Waals surface area contributed by atoms with Gasteiger partial charge in [0.2, 0.25) is 5.91 Å². The van der Waals surface area contributed by atoms with Crippen LogP contribution in [-0.2, 0) is 16.0 Å². The number of hydrogen-bond acceptors (Lipinski definition) is 6. The van der Waals surface area contributed by atoms with E-state index in [0.29, 0.717) is 39.2 Å². The van der Waals surface area contributed by atoms with Gasteiger partial charge in [-0.2, -0.15) is 0 Å². The van der Waals surface area contributed by atoms with Gasteiger partial charge in [-0.05, 0) is 42.3 Å². The van der Waals surface area contributed by atoms with E-state index in [1.807, 2.05) is 0 Å². The molecule has 1 N–H and O–H groups in total. The Morgan fingerprint density at radius 3 is 2.74 bits per heavy atom. The monoisotopic (exact) mass is 428 g/mol. The zero-order valence-electron chi connectivity index (χ0n) is 17.3. The molecule has 8 nitrogen and oxygen atoms in total. The van der Waals surface area contributed by atoms with Gasteiger partial charge in [-0.15, -0.1) is 0 Å². The zero-order chi connectivity index (χ0) is 22.0. The fraction of sp³-hybridized carbons (Fsp3) is 0.409. The van der Waals surface area contributed by atoms with Gasteiger partial charge < -0.3 is 19.9 Å². The number of hydrogen-bond donors (Lipinski definition) is 1. The number of anilines is 2. The Labute approximate surface area is 179 Å². The molecule has 0 radical (unpaired) electrons. The van der Waals surface area contributed by atoms with E-state index in [0.717, 1.165) is 16.9 Å². The molecule has 164 valence electrons. The molecule has 0 unspecified atom stereocenters. The molecule has 0 bridgehead atoms. The summed E-state index contributed by atoms with van der Waals surface area (Å²) >= 11 is 0. The van der Waals surface area contributed by atoms with Crippen molar-refractivity contribution in [2.24, 2.45) is 5.92 Å². The number of nitro benzene ring substituents is 1. The van der Waals surface area contributed by atoms with Crippen molar-refractivity contribution in [3.8, 4) is 0 Å². The van der Waals surface area contributed by atoms with Gasteiger partial charge in [0.25, 0.3) is 5.69 Å². The molecule has 2 heterocycles. The summed E-state index contributed by atoms with van der Waals surface area (Å²) in [5.74, 6) is -0.745. The molecule has 4 rings (SSSR count). The maximum Gasteiger partial charge on any atom is 0.269 e. The number of carbonyl (C=O) groups excluding carboxylic acids is 1. The first-order valence-corrected chi connectivity index (χ1v) is 10.3. The van der Waals surface area contributed by atoms with Crippen molar-refractivity contribution in [1.82, 2.24) is 5.32 Å². The standard InChI is InChI=1S/C22H25FN4O4/c1-31-11-8-24-22(28)19-13-15-12-18(27(29)30)6-7-20(15)26-10-9-25(14-21(19)26)17-4-2-16(23)3-5-17/h2-7,12,19,21H,8-11,13-14H2,1H3,(H,24,28)/t19-,21+/m1/s1. The molecule has 2 aromatic rings. The third-order valence-corrected chi connectivity index (χ3v) is 6.04. The van der Waals surface area contributed by atoms with E-state index in [-0.39, 0.29) is 29.4 Å². The second-order valence-electron chi connectivity index (χ2n) is 7.85. The normalized spacial score (nSPS) is 20.1. The number of non-ortho nitro benzene ring substituents is 1. The van der Waals surface area contributed by atoms with Crippen LogP contribution in [-0.4, -0.2) is 56.8 Å². The summed E-state index contributed by atoms with van der Waals surface area (Å²) in [4.78, 5) is 28.2. The summed E-state index contributed by atoms with van der Waals surface area (Å²) in [7, 11) is 1.57. The van der Waals surface area contributed by atoms with Gasteiger partial charge in [0.05, 0.1) is 23.5 Å². The number of methoxy groups -OCH3 is 1. The molecular formula is C22H25FN4O4. The van der Waals surface area contributed by atoms with Crippen LogP contribution in [0, 0.1) is 21.8 Å². The summed E-state index contributed by atoms with van der Waals surface area (Å²) in [5, 5.41) is 14.2. The van der Waals surface area contributed by atoms with E-state index in [9.17, 15) is 19.3 Å². The zero-order valence-corrected chi connectivity index (χ0v) is 17.3. The first-order valence-electron chi connectivity index (χ1n) is 10.3. The van der Waals surface area contributed by atoms with Gasteiger partial charge in [0.1, 0.15) is 5.82 Å². The molecule has 1 fully saturated rings. The van der Waals surface area contributed by atoms with Crippen molar-refractivity contribution in [2.75, 3.05) is 49.7 Å². The smallest absolute Gasteiger partial charge is 0.269 e. The molecule has 31 heavy (non-hydrogen) atoms. The Morgan fingerprint density at radius 2 is 2.03 bits per heavy atom. The molecule has 2 aliphatic heterocycles. The van der Waals surface area contributed by atoms with Crippen molar-refractivity contribution >= 4 is 23.0 Å². The average molecular weight is 428 g/mol. The fourth-order valence-corrected chi connectivity index (χ4v) is 4.52. The Bertz CT molecular complexity index is 968. The Hall–Kier alpha value is -3.20. The number of amides is 1. The van der Waals surface area contributed by atoms with Gasteiger partial charge >= 0.3 is 0 Å². The number of halogens is 1. The highest BCUT2D eigenvalue weighted by atomic mass is 19.1. The Balaban J connectivity index is 1.63. The molecule has 0 spiro atoms. The van der Waals surface area contributed by atoms with E-state index in [1.54, 1.807) is 31.4 Å². The number of nitrogens with one attached hydrogen (secondary N) is 1. The fourth-order valence-electron chi connectivity index (χ4n) is 4.52. The predicted octanol–water partition coefficient (Wildman–Crippen LogP) is 2.36. The number of nitrogens with zero attached hydrogens (tertiary/aromatic N) is 3. The van der Waals surface area contributed by atoms with Crippen LogP contribution in [0.3, 0.4) is 0 Å². The topological polar surface area (TPSA) is 87.9 Å². The number of rotatable bonds is 6. The maximum atomic E-state index is 13.4. The highest BCUT2D eigenvalue weighted by molar-refractivity contribution is 5.82. The molecule has 2 aromatic carbocycles. The van der Waals surface area contributed by atoms with Gasteiger partial charge in [-0.3, -0.25) is 14.9 Å². The van der Waals surface area contributed by atoms with Crippen LogP contribution in [0.1, 0.15) is 5.56 Å². The number of nitro groups is 1. The molecule has 1 amide bonds. The lowest BCUT2D eigenvalue weighted by molar-refractivity contribution is -0.384. The van der Waals surface area contributed by atoms with Gasteiger partial charge in [-0.25, -0.2) is 4.39 Å². The largest absolute Gasteiger partial charge is 0.383 e. The van der Waals surface area contributed by atoms with E-state index in [4.69, 9.17) is 4.74 Å².